The topological polar surface area (TPSA) is 0 Å². The van der Waals surface area contributed by atoms with Crippen LogP contribution in [-0.4, -0.2) is 12.8 Å². The lowest BCUT2D eigenvalue weighted by molar-refractivity contribution is -0.00000395. The van der Waals surface area contributed by atoms with Gasteiger partial charge in [0, 0.05) is 0 Å². The SMILES string of the molecule is CCCCC[P+](C)(c1ccccc1)c1ccccc1.[Cl-]. The van der Waals surface area contributed by atoms with Crippen LogP contribution in [0.5, 0.6) is 0 Å². The monoisotopic (exact) mass is 306 g/mol. The summed E-state index contributed by atoms with van der Waals surface area (Å²) in [7, 11) is -1.20. The number of rotatable bonds is 6. The van der Waals surface area contributed by atoms with Crippen molar-refractivity contribution in [3.05, 3.63) is 60.7 Å². The fraction of sp³-hybridized carbons (Fsp3) is 0.333. The minimum Gasteiger partial charge on any atom is -1.00 e. The Morgan fingerprint density at radius 3 is 1.60 bits per heavy atom. The largest absolute Gasteiger partial charge is 1.00 e. The molecule has 0 atom stereocenters. The fourth-order valence-electron chi connectivity index (χ4n) is 2.60. The van der Waals surface area contributed by atoms with E-state index >= 15 is 0 Å². The Labute approximate surface area is 130 Å². The van der Waals surface area contributed by atoms with Gasteiger partial charge < -0.3 is 12.4 Å². The highest BCUT2D eigenvalue weighted by atomic mass is 35.5. The van der Waals surface area contributed by atoms with E-state index in [-0.39, 0.29) is 12.4 Å². The first-order chi connectivity index (χ1) is 9.27. The molecule has 0 bridgehead atoms. The molecule has 0 aliphatic heterocycles. The van der Waals surface area contributed by atoms with Crippen molar-refractivity contribution in [1.29, 1.82) is 0 Å². The highest BCUT2D eigenvalue weighted by Crippen LogP contribution is 2.53. The van der Waals surface area contributed by atoms with Gasteiger partial charge in [-0.2, -0.15) is 0 Å². The van der Waals surface area contributed by atoms with Crippen molar-refractivity contribution in [2.24, 2.45) is 0 Å². The van der Waals surface area contributed by atoms with Crippen LogP contribution in [-0.2, 0) is 0 Å². The van der Waals surface area contributed by atoms with Crippen LogP contribution in [0.15, 0.2) is 60.7 Å². The Bertz CT molecular complexity index is 442. The first-order valence-corrected chi connectivity index (χ1v) is 9.66. The predicted octanol–water partition coefficient (Wildman–Crippen LogP) is 1.48. The normalized spacial score (nSPS) is 10.9. The van der Waals surface area contributed by atoms with Crippen LogP contribution >= 0.6 is 7.26 Å². The summed E-state index contributed by atoms with van der Waals surface area (Å²) >= 11 is 0. The van der Waals surface area contributed by atoms with Crippen LogP contribution in [0, 0.1) is 0 Å². The second kappa shape index (κ2) is 8.45. The molecule has 0 heterocycles. The van der Waals surface area contributed by atoms with Crippen LogP contribution in [0.1, 0.15) is 26.2 Å². The van der Waals surface area contributed by atoms with Crippen molar-refractivity contribution < 1.29 is 12.4 Å². The molecule has 0 unspecified atom stereocenters. The van der Waals surface area contributed by atoms with Gasteiger partial charge in [-0.05, 0) is 30.7 Å². The van der Waals surface area contributed by atoms with Crippen molar-refractivity contribution in [2.45, 2.75) is 26.2 Å². The Hall–Kier alpha value is -0.840. The lowest BCUT2D eigenvalue weighted by Gasteiger charge is -2.23. The summed E-state index contributed by atoms with van der Waals surface area (Å²) in [4.78, 5) is 0. The zero-order chi connectivity index (χ0) is 13.6. The zero-order valence-corrected chi connectivity index (χ0v) is 14.1. The molecule has 0 radical (unpaired) electrons. The first kappa shape index (κ1) is 17.2. The van der Waals surface area contributed by atoms with Crippen molar-refractivity contribution in [2.75, 3.05) is 12.8 Å². The number of hydrogen-bond donors (Lipinski definition) is 0. The van der Waals surface area contributed by atoms with Crippen LogP contribution in [0.2, 0.25) is 0 Å². The Morgan fingerprint density at radius 2 is 1.20 bits per heavy atom. The fourth-order valence-corrected chi connectivity index (χ4v) is 5.93. The molecule has 0 aliphatic rings. The van der Waals surface area contributed by atoms with Crippen LogP contribution < -0.4 is 23.0 Å². The highest BCUT2D eigenvalue weighted by Gasteiger charge is 2.36. The molecule has 2 heteroatoms. The predicted molar refractivity (Wildman–Crippen MR) is 89.4 cm³/mol. The maximum absolute atomic E-state index is 2.49. The Balaban J connectivity index is 0.00000200. The van der Waals surface area contributed by atoms with E-state index < -0.39 is 7.26 Å². The maximum atomic E-state index is 2.49. The van der Waals surface area contributed by atoms with Crippen LogP contribution in [0.25, 0.3) is 0 Å². The molecule has 0 aliphatic carbocycles. The van der Waals surface area contributed by atoms with Gasteiger partial charge in [0.1, 0.15) is 0 Å². The van der Waals surface area contributed by atoms with Gasteiger partial charge in [-0.3, -0.25) is 0 Å². The third-order valence-corrected chi connectivity index (χ3v) is 7.95. The summed E-state index contributed by atoms with van der Waals surface area (Å²) < 4.78 is 0. The maximum Gasteiger partial charge on any atom is 0.0988 e. The van der Waals surface area contributed by atoms with Gasteiger partial charge in [0.25, 0.3) is 0 Å². The van der Waals surface area contributed by atoms with Gasteiger partial charge in [-0.1, -0.05) is 56.2 Å². The molecule has 0 saturated carbocycles. The average Bonchev–Trinajstić information content (AvgIpc) is 2.49. The molecule has 108 valence electrons. The summed E-state index contributed by atoms with van der Waals surface area (Å²) in [5.41, 5.74) is 0. The van der Waals surface area contributed by atoms with Gasteiger partial charge in [0.15, 0.2) is 0 Å². The number of hydrogen-bond acceptors (Lipinski definition) is 0. The molecular weight excluding hydrogens is 283 g/mol. The van der Waals surface area contributed by atoms with Gasteiger partial charge >= 0.3 is 0 Å². The van der Waals surface area contributed by atoms with Crippen molar-refractivity contribution in [3.63, 3.8) is 0 Å². The van der Waals surface area contributed by atoms with E-state index in [2.05, 4.69) is 74.3 Å². The summed E-state index contributed by atoms with van der Waals surface area (Å²) in [6.45, 7) is 4.77. The molecule has 0 spiro atoms. The van der Waals surface area contributed by atoms with Gasteiger partial charge in [0.05, 0.1) is 30.7 Å². The molecule has 0 fully saturated rings. The van der Waals surface area contributed by atoms with E-state index in [0.29, 0.717) is 0 Å². The third-order valence-electron chi connectivity index (χ3n) is 3.86. The molecule has 0 saturated heterocycles. The molecule has 2 aromatic carbocycles. The van der Waals surface area contributed by atoms with Crippen molar-refractivity contribution in [3.8, 4) is 0 Å². The molecule has 20 heavy (non-hydrogen) atoms. The molecule has 0 amide bonds. The molecule has 0 aromatic heterocycles. The average molecular weight is 307 g/mol. The van der Waals surface area contributed by atoms with E-state index in [0.717, 1.165) is 0 Å². The molecule has 2 aromatic rings. The standard InChI is InChI=1S/C18H24P.ClH/c1-3-4-11-16-19(2,17-12-7-5-8-13-17)18-14-9-6-10-15-18;/h5-10,12-15H,3-4,11,16H2,1-2H3;1H/q+1;/p-1. The molecule has 2 rings (SSSR count). The number of halogens is 1. The van der Waals surface area contributed by atoms with E-state index in [1.807, 2.05) is 0 Å². The Kier molecular flexibility index (Phi) is 7.27. The first-order valence-electron chi connectivity index (χ1n) is 7.24. The van der Waals surface area contributed by atoms with Gasteiger partial charge in [-0.15, -0.1) is 0 Å². The molecule has 0 nitrogen and oxygen atoms in total. The Morgan fingerprint density at radius 1 is 0.750 bits per heavy atom. The molecule has 0 N–H and O–H groups in total. The summed E-state index contributed by atoms with van der Waals surface area (Å²) in [6.07, 6.45) is 5.30. The van der Waals surface area contributed by atoms with Crippen LogP contribution in [0.4, 0.5) is 0 Å². The third kappa shape index (κ3) is 4.08. The zero-order valence-electron chi connectivity index (χ0n) is 12.4. The van der Waals surface area contributed by atoms with Crippen LogP contribution in [0.3, 0.4) is 0 Å². The lowest BCUT2D eigenvalue weighted by Crippen LogP contribution is -3.00. The van der Waals surface area contributed by atoms with E-state index in [4.69, 9.17) is 0 Å². The number of unbranched alkanes of at least 4 members (excludes halogenated alkanes) is 2. The second-order valence-electron chi connectivity index (χ2n) is 5.29. The van der Waals surface area contributed by atoms with E-state index in [1.165, 1.54) is 36.0 Å². The van der Waals surface area contributed by atoms with Gasteiger partial charge in [-0.25, -0.2) is 0 Å². The van der Waals surface area contributed by atoms with E-state index in [9.17, 15) is 0 Å². The highest BCUT2D eigenvalue weighted by molar-refractivity contribution is 7.88. The van der Waals surface area contributed by atoms with Crippen molar-refractivity contribution >= 4 is 17.9 Å². The second-order valence-corrected chi connectivity index (χ2v) is 9.16. The molecular formula is C18H24ClP. The van der Waals surface area contributed by atoms with Crippen molar-refractivity contribution in [1.82, 2.24) is 0 Å². The smallest absolute Gasteiger partial charge is 0.0988 e. The van der Waals surface area contributed by atoms with E-state index in [1.54, 1.807) is 0 Å². The number of benzene rings is 2. The summed E-state index contributed by atoms with van der Waals surface area (Å²) in [5.74, 6) is 0. The minimum atomic E-state index is -1.20. The summed E-state index contributed by atoms with van der Waals surface area (Å²) in [5, 5.41) is 3.08. The van der Waals surface area contributed by atoms with Gasteiger partial charge in [0.2, 0.25) is 0 Å². The lowest BCUT2D eigenvalue weighted by atomic mass is 10.3. The quantitative estimate of drug-likeness (QED) is 0.560. The minimum absolute atomic E-state index is 0. The summed E-state index contributed by atoms with van der Waals surface area (Å²) in [6, 6.07) is 22.2.